The summed E-state index contributed by atoms with van der Waals surface area (Å²) in [5, 5.41) is 9.24. The summed E-state index contributed by atoms with van der Waals surface area (Å²) in [7, 11) is -3.40. The Morgan fingerprint density at radius 3 is 2.24 bits per heavy atom. The van der Waals surface area contributed by atoms with Crippen LogP contribution in [0.5, 0.6) is 0 Å². The molecule has 1 aromatic carbocycles. The smallest absolute Gasteiger partial charge is 0.304 e. The number of nitrogens with zero attached hydrogens (tertiary/aromatic N) is 1. The summed E-state index contributed by atoms with van der Waals surface area (Å²) in [6.45, 7) is 7.06. The van der Waals surface area contributed by atoms with E-state index in [4.69, 9.17) is 11.6 Å². The van der Waals surface area contributed by atoms with Crippen molar-refractivity contribution in [2.75, 3.05) is 5.75 Å². The standard InChI is InChI=1S/C21H30ClNO5S/c1-13(2)19(12-29(27,28)14(3)4)23-18(15-5-8-17(22)9-6-15)10-7-16(21(23)26)11-20(24)25/h5-6,8-9,13-14,16,18-19H,7,10-12H2,1-4H3,(H,24,25)/t16-,18?,19?/m1/s1. The van der Waals surface area contributed by atoms with Crippen molar-refractivity contribution >= 4 is 33.3 Å². The highest BCUT2D eigenvalue weighted by atomic mass is 35.5. The third-order valence-electron chi connectivity index (χ3n) is 5.65. The second kappa shape index (κ2) is 9.47. The predicted octanol–water partition coefficient (Wildman–Crippen LogP) is 3.94. The van der Waals surface area contributed by atoms with Gasteiger partial charge in [-0.2, -0.15) is 0 Å². The fourth-order valence-corrected chi connectivity index (χ4v) is 5.35. The topological polar surface area (TPSA) is 91.8 Å². The first-order chi connectivity index (χ1) is 13.4. The lowest BCUT2D eigenvalue weighted by atomic mass is 9.84. The number of piperidine rings is 1. The van der Waals surface area contributed by atoms with Crippen LogP contribution in [0, 0.1) is 11.8 Å². The SMILES string of the molecule is CC(C)C(CS(=O)(=O)C(C)C)N1C(=O)[C@@H](CC(=O)O)CCC1c1ccc(Cl)cc1. The number of carboxylic acid groups (broad SMARTS) is 1. The lowest BCUT2D eigenvalue weighted by Crippen LogP contribution is -2.54. The molecule has 2 rings (SSSR count). The van der Waals surface area contributed by atoms with Crippen LogP contribution in [0.15, 0.2) is 24.3 Å². The number of carboxylic acids is 1. The molecule has 3 atom stereocenters. The minimum atomic E-state index is -3.40. The van der Waals surface area contributed by atoms with Crippen LogP contribution in [0.1, 0.15) is 58.6 Å². The van der Waals surface area contributed by atoms with Crippen LogP contribution in [-0.2, 0) is 19.4 Å². The summed E-state index contributed by atoms with van der Waals surface area (Å²) in [5.74, 6) is -2.19. The van der Waals surface area contributed by atoms with E-state index in [0.29, 0.717) is 17.9 Å². The van der Waals surface area contributed by atoms with Gasteiger partial charge in [0, 0.05) is 17.0 Å². The predicted molar refractivity (Wildman–Crippen MR) is 114 cm³/mol. The van der Waals surface area contributed by atoms with Crippen LogP contribution in [0.2, 0.25) is 5.02 Å². The lowest BCUT2D eigenvalue weighted by molar-refractivity contribution is -0.151. The molecule has 1 aliphatic rings. The highest BCUT2D eigenvalue weighted by Gasteiger charge is 2.43. The molecule has 8 heteroatoms. The van der Waals surface area contributed by atoms with Gasteiger partial charge in [-0.15, -0.1) is 0 Å². The maximum atomic E-state index is 13.4. The average Bonchev–Trinajstić information content (AvgIpc) is 2.62. The third kappa shape index (κ3) is 5.72. The Morgan fingerprint density at radius 2 is 1.76 bits per heavy atom. The summed E-state index contributed by atoms with van der Waals surface area (Å²) < 4.78 is 25.4. The van der Waals surface area contributed by atoms with Gasteiger partial charge in [-0.25, -0.2) is 8.42 Å². The number of carbonyl (C=O) groups is 2. The van der Waals surface area contributed by atoms with E-state index in [2.05, 4.69) is 0 Å². The van der Waals surface area contributed by atoms with Crippen LogP contribution in [0.3, 0.4) is 0 Å². The molecule has 0 aliphatic carbocycles. The van der Waals surface area contributed by atoms with Crippen molar-refractivity contribution in [2.24, 2.45) is 11.8 Å². The first-order valence-corrected chi connectivity index (χ1v) is 12.0. The van der Waals surface area contributed by atoms with Crippen molar-refractivity contribution in [2.45, 2.75) is 64.3 Å². The van der Waals surface area contributed by atoms with Gasteiger partial charge in [-0.3, -0.25) is 9.59 Å². The summed E-state index contributed by atoms with van der Waals surface area (Å²) in [4.78, 5) is 26.2. The second-order valence-electron chi connectivity index (χ2n) is 8.37. The monoisotopic (exact) mass is 443 g/mol. The van der Waals surface area contributed by atoms with Gasteiger partial charge < -0.3 is 10.0 Å². The van der Waals surface area contributed by atoms with E-state index in [0.717, 1.165) is 5.56 Å². The van der Waals surface area contributed by atoms with Gasteiger partial charge in [0.25, 0.3) is 0 Å². The number of rotatable bonds is 8. The highest BCUT2D eigenvalue weighted by molar-refractivity contribution is 7.92. The first kappa shape index (κ1) is 23.7. The quantitative estimate of drug-likeness (QED) is 0.656. The highest BCUT2D eigenvalue weighted by Crippen LogP contribution is 2.39. The van der Waals surface area contributed by atoms with Crippen LogP contribution in [0.4, 0.5) is 0 Å². The molecule has 162 valence electrons. The van der Waals surface area contributed by atoms with Crippen molar-refractivity contribution < 1.29 is 23.1 Å². The number of sulfone groups is 1. The molecule has 1 saturated heterocycles. The molecule has 0 saturated carbocycles. The fourth-order valence-electron chi connectivity index (χ4n) is 3.82. The van der Waals surface area contributed by atoms with E-state index in [1.54, 1.807) is 30.9 Å². The number of likely N-dealkylation sites (tertiary alicyclic amines) is 1. The van der Waals surface area contributed by atoms with E-state index in [1.165, 1.54) is 0 Å². The summed E-state index contributed by atoms with van der Waals surface area (Å²) >= 11 is 6.01. The van der Waals surface area contributed by atoms with E-state index >= 15 is 0 Å². The fraction of sp³-hybridized carbons (Fsp3) is 0.619. The Bertz CT molecular complexity index is 835. The van der Waals surface area contributed by atoms with Crippen LogP contribution in [-0.4, -0.2) is 47.3 Å². The molecule has 1 aromatic rings. The van der Waals surface area contributed by atoms with Gasteiger partial charge in [0.15, 0.2) is 9.84 Å². The van der Waals surface area contributed by atoms with Crippen molar-refractivity contribution in [3.05, 3.63) is 34.9 Å². The summed E-state index contributed by atoms with van der Waals surface area (Å²) in [6.07, 6.45) is 0.789. The van der Waals surface area contributed by atoms with Gasteiger partial charge in [-0.05, 0) is 50.3 Å². The van der Waals surface area contributed by atoms with Crippen molar-refractivity contribution in [3.8, 4) is 0 Å². The van der Waals surface area contributed by atoms with Crippen LogP contribution in [0.25, 0.3) is 0 Å². The van der Waals surface area contributed by atoms with Gasteiger partial charge in [-0.1, -0.05) is 37.6 Å². The summed E-state index contributed by atoms with van der Waals surface area (Å²) in [5.41, 5.74) is 0.879. The van der Waals surface area contributed by atoms with Crippen molar-refractivity contribution in [3.63, 3.8) is 0 Å². The first-order valence-electron chi connectivity index (χ1n) is 9.95. The average molecular weight is 444 g/mol. The van der Waals surface area contributed by atoms with Gasteiger partial charge in [0.2, 0.25) is 5.91 Å². The number of hydrogen-bond acceptors (Lipinski definition) is 4. The molecule has 6 nitrogen and oxygen atoms in total. The second-order valence-corrected chi connectivity index (χ2v) is 11.4. The molecule has 29 heavy (non-hydrogen) atoms. The molecule has 0 aromatic heterocycles. The molecule has 0 bridgehead atoms. The molecule has 1 N–H and O–H groups in total. The Labute approximate surface area is 178 Å². The van der Waals surface area contributed by atoms with Crippen LogP contribution < -0.4 is 0 Å². The van der Waals surface area contributed by atoms with Crippen LogP contribution >= 0.6 is 11.6 Å². The van der Waals surface area contributed by atoms with Gasteiger partial charge >= 0.3 is 5.97 Å². The van der Waals surface area contributed by atoms with E-state index < -0.39 is 33.0 Å². The molecular formula is C21H30ClNO5S. The molecule has 1 fully saturated rings. The van der Waals surface area contributed by atoms with E-state index in [1.807, 2.05) is 26.0 Å². The maximum Gasteiger partial charge on any atom is 0.304 e. The van der Waals surface area contributed by atoms with E-state index in [9.17, 15) is 23.1 Å². The Hall–Kier alpha value is -1.60. The zero-order valence-corrected chi connectivity index (χ0v) is 18.9. The normalized spacial score (nSPS) is 21.6. The number of aliphatic carboxylic acids is 1. The van der Waals surface area contributed by atoms with Gasteiger partial charge in [0.1, 0.15) is 0 Å². The largest absolute Gasteiger partial charge is 0.481 e. The number of hydrogen-bond donors (Lipinski definition) is 1. The number of amides is 1. The molecule has 1 aliphatic heterocycles. The minimum absolute atomic E-state index is 0.106. The molecule has 0 radical (unpaired) electrons. The van der Waals surface area contributed by atoms with Crippen molar-refractivity contribution in [1.29, 1.82) is 0 Å². The summed E-state index contributed by atoms with van der Waals surface area (Å²) in [6, 6.07) is 6.35. The number of carbonyl (C=O) groups excluding carboxylic acids is 1. The van der Waals surface area contributed by atoms with Crippen molar-refractivity contribution in [1.82, 2.24) is 4.90 Å². The Kier molecular flexibility index (Phi) is 7.74. The number of halogens is 1. The molecule has 0 spiro atoms. The third-order valence-corrected chi connectivity index (χ3v) is 8.15. The number of benzene rings is 1. The zero-order valence-electron chi connectivity index (χ0n) is 17.3. The molecule has 1 amide bonds. The lowest BCUT2D eigenvalue weighted by Gasteiger charge is -2.45. The molecular weight excluding hydrogens is 414 g/mol. The minimum Gasteiger partial charge on any atom is -0.481 e. The Morgan fingerprint density at radius 1 is 1.17 bits per heavy atom. The Balaban J connectivity index is 2.49. The maximum absolute atomic E-state index is 13.4. The zero-order chi connectivity index (χ0) is 21.9. The molecule has 2 unspecified atom stereocenters. The molecule has 1 heterocycles. The van der Waals surface area contributed by atoms with Gasteiger partial charge in [0.05, 0.1) is 23.5 Å². The van der Waals surface area contributed by atoms with E-state index in [-0.39, 0.29) is 30.0 Å².